The molecule has 0 bridgehead atoms. The summed E-state index contributed by atoms with van der Waals surface area (Å²) < 4.78 is 5.55. The Hall–Kier alpha value is -0.120. The minimum atomic E-state index is -0.395. The van der Waals surface area contributed by atoms with E-state index in [2.05, 4.69) is 18.7 Å². The first-order valence-electron chi connectivity index (χ1n) is 6.25. The van der Waals surface area contributed by atoms with Crippen molar-refractivity contribution in [3.63, 3.8) is 0 Å². The average Bonchev–Trinajstić information content (AvgIpc) is 2.13. The van der Waals surface area contributed by atoms with Gasteiger partial charge in [-0.25, -0.2) is 0 Å². The normalized spacial score (nSPS) is 16.5. The van der Waals surface area contributed by atoms with Crippen LogP contribution in [-0.4, -0.2) is 48.5 Å². The number of hydrogen-bond donors (Lipinski definition) is 1. The average molecular weight is 231 g/mol. The third kappa shape index (κ3) is 9.13. The molecule has 16 heavy (non-hydrogen) atoms. The lowest BCUT2D eigenvalue weighted by molar-refractivity contribution is -0.0551. The van der Waals surface area contributed by atoms with Crippen molar-refractivity contribution in [2.75, 3.05) is 26.7 Å². The fourth-order valence-corrected chi connectivity index (χ4v) is 1.49. The minimum absolute atomic E-state index is 0.170. The maximum Gasteiger partial charge on any atom is 0.0900 e. The van der Waals surface area contributed by atoms with E-state index in [4.69, 9.17) is 4.74 Å². The Bertz CT molecular complexity index is 177. The van der Waals surface area contributed by atoms with E-state index >= 15 is 0 Å². The zero-order chi connectivity index (χ0) is 12.8. The van der Waals surface area contributed by atoms with Crippen molar-refractivity contribution < 1.29 is 9.84 Å². The second-order valence-corrected chi connectivity index (χ2v) is 5.81. The van der Waals surface area contributed by atoms with Crippen molar-refractivity contribution in [1.29, 1.82) is 0 Å². The summed E-state index contributed by atoms with van der Waals surface area (Å²) in [6, 6.07) is 0. The molecule has 0 aliphatic rings. The Morgan fingerprint density at radius 2 is 1.81 bits per heavy atom. The van der Waals surface area contributed by atoms with E-state index in [0.29, 0.717) is 19.1 Å². The number of ether oxygens (including phenoxy) is 1. The molecule has 98 valence electrons. The SMILES string of the molecule is CCC(C)CN(C)CC(O)COC(C)(C)C. The highest BCUT2D eigenvalue weighted by molar-refractivity contribution is 4.66. The van der Waals surface area contributed by atoms with E-state index in [1.807, 2.05) is 27.8 Å². The van der Waals surface area contributed by atoms with E-state index in [1.165, 1.54) is 6.42 Å². The van der Waals surface area contributed by atoms with Crippen molar-refractivity contribution in [2.24, 2.45) is 5.92 Å². The molecule has 2 unspecified atom stereocenters. The van der Waals surface area contributed by atoms with Crippen molar-refractivity contribution in [2.45, 2.75) is 52.7 Å². The highest BCUT2D eigenvalue weighted by Gasteiger charge is 2.15. The van der Waals surface area contributed by atoms with Crippen LogP contribution in [0.4, 0.5) is 0 Å². The van der Waals surface area contributed by atoms with E-state index < -0.39 is 6.10 Å². The molecule has 0 amide bonds. The summed E-state index contributed by atoms with van der Waals surface area (Å²) in [5.74, 6) is 0.681. The van der Waals surface area contributed by atoms with Gasteiger partial charge in [0.05, 0.1) is 18.3 Å². The van der Waals surface area contributed by atoms with Gasteiger partial charge in [-0.1, -0.05) is 20.3 Å². The van der Waals surface area contributed by atoms with E-state index in [-0.39, 0.29) is 5.60 Å². The molecular weight excluding hydrogens is 202 g/mol. The molecule has 0 aromatic rings. The number of aliphatic hydroxyl groups excluding tert-OH is 1. The maximum absolute atomic E-state index is 9.80. The summed E-state index contributed by atoms with van der Waals surface area (Å²) >= 11 is 0. The molecule has 0 aromatic carbocycles. The molecule has 0 fully saturated rings. The summed E-state index contributed by atoms with van der Waals surface area (Å²) in [6.45, 7) is 12.6. The van der Waals surface area contributed by atoms with Crippen LogP contribution in [0.2, 0.25) is 0 Å². The third-order valence-corrected chi connectivity index (χ3v) is 2.55. The molecule has 2 atom stereocenters. The third-order valence-electron chi connectivity index (χ3n) is 2.55. The van der Waals surface area contributed by atoms with Crippen LogP contribution in [0.15, 0.2) is 0 Å². The molecule has 0 aliphatic heterocycles. The fourth-order valence-electron chi connectivity index (χ4n) is 1.49. The smallest absolute Gasteiger partial charge is 0.0900 e. The Balaban J connectivity index is 3.74. The van der Waals surface area contributed by atoms with E-state index in [9.17, 15) is 5.11 Å². The first kappa shape index (κ1) is 15.9. The van der Waals surface area contributed by atoms with Gasteiger partial charge in [-0.2, -0.15) is 0 Å². The van der Waals surface area contributed by atoms with Gasteiger partial charge < -0.3 is 14.7 Å². The molecule has 0 aliphatic carbocycles. The Morgan fingerprint density at radius 1 is 1.25 bits per heavy atom. The molecule has 3 heteroatoms. The molecule has 0 saturated heterocycles. The fraction of sp³-hybridized carbons (Fsp3) is 1.00. The Morgan fingerprint density at radius 3 is 2.25 bits per heavy atom. The van der Waals surface area contributed by atoms with Gasteiger partial charge in [0.15, 0.2) is 0 Å². The lowest BCUT2D eigenvalue weighted by Crippen LogP contribution is -2.36. The lowest BCUT2D eigenvalue weighted by Gasteiger charge is -2.26. The van der Waals surface area contributed by atoms with Crippen LogP contribution < -0.4 is 0 Å². The summed E-state index contributed by atoms with van der Waals surface area (Å²) in [7, 11) is 2.05. The molecule has 0 heterocycles. The van der Waals surface area contributed by atoms with Crippen molar-refractivity contribution in [3.8, 4) is 0 Å². The molecule has 0 rings (SSSR count). The maximum atomic E-state index is 9.80. The van der Waals surface area contributed by atoms with Crippen LogP contribution in [0, 0.1) is 5.92 Å². The van der Waals surface area contributed by atoms with E-state index in [0.717, 1.165) is 6.54 Å². The van der Waals surface area contributed by atoms with Crippen LogP contribution in [-0.2, 0) is 4.74 Å². The molecule has 0 aromatic heterocycles. The molecule has 1 N–H and O–H groups in total. The summed E-state index contributed by atoms with van der Waals surface area (Å²) in [6.07, 6.45) is 0.784. The first-order chi connectivity index (χ1) is 7.24. The number of aliphatic hydroxyl groups is 1. The van der Waals surface area contributed by atoms with Crippen LogP contribution in [0.3, 0.4) is 0 Å². The molecule has 3 nitrogen and oxygen atoms in total. The van der Waals surface area contributed by atoms with Crippen LogP contribution >= 0.6 is 0 Å². The van der Waals surface area contributed by atoms with Crippen LogP contribution in [0.1, 0.15) is 41.0 Å². The standard InChI is InChI=1S/C13H29NO2/c1-7-11(2)8-14(6)9-12(15)10-16-13(3,4)5/h11-12,15H,7-10H2,1-6H3. The number of nitrogens with zero attached hydrogens (tertiary/aromatic N) is 1. The molecule has 0 saturated carbocycles. The molecule has 0 spiro atoms. The zero-order valence-electron chi connectivity index (χ0n) is 11.8. The number of hydrogen-bond acceptors (Lipinski definition) is 3. The number of rotatable bonds is 7. The summed E-state index contributed by atoms with van der Waals surface area (Å²) in [5.41, 5.74) is -0.170. The highest BCUT2D eigenvalue weighted by Crippen LogP contribution is 2.08. The zero-order valence-corrected chi connectivity index (χ0v) is 11.8. The second-order valence-electron chi connectivity index (χ2n) is 5.81. The van der Waals surface area contributed by atoms with Crippen molar-refractivity contribution in [3.05, 3.63) is 0 Å². The topological polar surface area (TPSA) is 32.7 Å². The number of likely N-dealkylation sites (N-methyl/N-ethyl adjacent to an activating group) is 1. The predicted octanol–water partition coefficient (Wildman–Crippen LogP) is 2.14. The van der Waals surface area contributed by atoms with Crippen molar-refractivity contribution in [1.82, 2.24) is 4.90 Å². The molecule has 0 radical (unpaired) electrons. The van der Waals surface area contributed by atoms with Gasteiger partial charge in [-0.3, -0.25) is 0 Å². The first-order valence-corrected chi connectivity index (χ1v) is 6.25. The van der Waals surface area contributed by atoms with Gasteiger partial charge in [0, 0.05) is 13.1 Å². The van der Waals surface area contributed by atoms with Crippen LogP contribution in [0.25, 0.3) is 0 Å². The summed E-state index contributed by atoms with van der Waals surface area (Å²) in [4.78, 5) is 2.17. The quantitative estimate of drug-likeness (QED) is 0.728. The van der Waals surface area contributed by atoms with Gasteiger partial charge in [-0.15, -0.1) is 0 Å². The van der Waals surface area contributed by atoms with Gasteiger partial charge in [0.2, 0.25) is 0 Å². The summed E-state index contributed by atoms with van der Waals surface area (Å²) in [5, 5.41) is 9.80. The van der Waals surface area contributed by atoms with Crippen LogP contribution in [0.5, 0.6) is 0 Å². The largest absolute Gasteiger partial charge is 0.389 e. The van der Waals surface area contributed by atoms with Gasteiger partial charge in [0.25, 0.3) is 0 Å². The monoisotopic (exact) mass is 231 g/mol. The predicted molar refractivity (Wildman–Crippen MR) is 68.7 cm³/mol. The highest BCUT2D eigenvalue weighted by atomic mass is 16.5. The van der Waals surface area contributed by atoms with Gasteiger partial charge in [0.1, 0.15) is 0 Å². The Labute approximate surface area is 101 Å². The minimum Gasteiger partial charge on any atom is -0.389 e. The molecular formula is C13H29NO2. The van der Waals surface area contributed by atoms with Gasteiger partial charge in [-0.05, 0) is 33.7 Å². The van der Waals surface area contributed by atoms with Crippen molar-refractivity contribution >= 4 is 0 Å². The van der Waals surface area contributed by atoms with E-state index in [1.54, 1.807) is 0 Å². The van der Waals surface area contributed by atoms with Gasteiger partial charge >= 0.3 is 0 Å². The lowest BCUT2D eigenvalue weighted by atomic mass is 10.1. The Kier molecular flexibility index (Phi) is 7.20. The second kappa shape index (κ2) is 7.25.